The maximum absolute atomic E-state index is 6.23. The van der Waals surface area contributed by atoms with Crippen LogP contribution in [-0.4, -0.2) is 19.1 Å². The van der Waals surface area contributed by atoms with Crippen LogP contribution in [0, 0.1) is 12.3 Å². The van der Waals surface area contributed by atoms with E-state index in [1.54, 1.807) is 0 Å². The van der Waals surface area contributed by atoms with Gasteiger partial charge in [-0.1, -0.05) is 31.5 Å². The van der Waals surface area contributed by atoms with E-state index in [1.165, 1.54) is 5.69 Å². The van der Waals surface area contributed by atoms with E-state index in [1.807, 2.05) is 13.0 Å². The number of piperidine rings is 1. The summed E-state index contributed by atoms with van der Waals surface area (Å²) >= 11 is 6.17. The third kappa shape index (κ3) is 2.58. The highest BCUT2D eigenvalue weighted by molar-refractivity contribution is 6.31. The molecule has 1 aromatic carbocycles. The van der Waals surface area contributed by atoms with Gasteiger partial charge in [-0.25, -0.2) is 0 Å². The SMILES string of the molecule is Cc1ccc(N2CCC(C)(C)C(N)C2)cc1Cl. The van der Waals surface area contributed by atoms with Gasteiger partial charge in [-0.05, 0) is 36.5 Å². The minimum Gasteiger partial charge on any atom is -0.370 e. The van der Waals surface area contributed by atoms with Crippen LogP contribution in [0.5, 0.6) is 0 Å². The second-order valence-electron chi connectivity index (χ2n) is 5.72. The smallest absolute Gasteiger partial charge is 0.0455 e. The van der Waals surface area contributed by atoms with Crippen molar-refractivity contribution < 1.29 is 0 Å². The maximum Gasteiger partial charge on any atom is 0.0455 e. The van der Waals surface area contributed by atoms with Crippen LogP contribution in [-0.2, 0) is 0 Å². The summed E-state index contributed by atoms with van der Waals surface area (Å²) in [6.45, 7) is 8.48. The van der Waals surface area contributed by atoms with Gasteiger partial charge in [0, 0.05) is 29.8 Å². The minimum atomic E-state index is 0.219. The molecule has 0 amide bonds. The highest BCUT2D eigenvalue weighted by Gasteiger charge is 2.32. The Labute approximate surface area is 109 Å². The van der Waals surface area contributed by atoms with Gasteiger partial charge in [0.15, 0.2) is 0 Å². The molecule has 1 aliphatic rings. The molecule has 1 fully saturated rings. The summed E-state index contributed by atoms with van der Waals surface area (Å²) < 4.78 is 0. The fourth-order valence-corrected chi connectivity index (χ4v) is 2.37. The Bertz CT molecular complexity index is 415. The van der Waals surface area contributed by atoms with Gasteiger partial charge in [0.05, 0.1) is 0 Å². The summed E-state index contributed by atoms with van der Waals surface area (Å²) in [5.74, 6) is 0. The Kier molecular flexibility index (Phi) is 3.37. The van der Waals surface area contributed by atoms with Gasteiger partial charge in [-0.15, -0.1) is 0 Å². The fourth-order valence-electron chi connectivity index (χ4n) is 2.20. The lowest BCUT2D eigenvalue weighted by molar-refractivity contribution is 0.236. The number of aryl methyl sites for hydroxylation is 1. The van der Waals surface area contributed by atoms with E-state index in [4.69, 9.17) is 17.3 Å². The Morgan fingerprint density at radius 3 is 2.71 bits per heavy atom. The van der Waals surface area contributed by atoms with Gasteiger partial charge in [0.25, 0.3) is 0 Å². The molecule has 17 heavy (non-hydrogen) atoms. The normalized spacial score (nSPS) is 23.8. The monoisotopic (exact) mass is 252 g/mol. The van der Waals surface area contributed by atoms with Crippen molar-refractivity contribution in [3.05, 3.63) is 28.8 Å². The molecule has 0 aromatic heterocycles. The van der Waals surface area contributed by atoms with Crippen molar-refractivity contribution in [2.75, 3.05) is 18.0 Å². The Morgan fingerprint density at radius 2 is 2.12 bits per heavy atom. The number of nitrogens with two attached hydrogens (primary N) is 1. The van der Waals surface area contributed by atoms with E-state index in [9.17, 15) is 0 Å². The molecular weight excluding hydrogens is 232 g/mol. The number of anilines is 1. The molecule has 1 saturated heterocycles. The van der Waals surface area contributed by atoms with Gasteiger partial charge < -0.3 is 10.6 Å². The lowest BCUT2D eigenvalue weighted by Crippen LogP contribution is -2.52. The molecule has 3 heteroatoms. The number of hydrogen-bond donors (Lipinski definition) is 1. The lowest BCUT2D eigenvalue weighted by atomic mass is 9.78. The van der Waals surface area contributed by atoms with Crippen molar-refractivity contribution in [1.82, 2.24) is 0 Å². The molecular formula is C14H21ClN2. The van der Waals surface area contributed by atoms with Gasteiger partial charge in [0.1, 0.15) is 0 Å². The van der Waals surface area contributed by atoms with Crippen molar-refractivity contribution in [3.8, 4) is 0 Å². The van der Waals surface area contributed by atoms with Crippen LogP contribution in [0.15, 0.2) is 18.2 Å². The molecule has 1 atom stereocenters. The molecule has 0 aliphatic carbocycles. The van der Waals surface area contributed by atoms with E-state index in [-0.39, 0.29) is 11.5 Å². The second kappa shape index (κ2) is 4.51. The summed E-state index contributed by atoms with van der Waals surface area (Å²) in [5, 5.41) is 0.834. The van der Waals surface area contributed by atoms with Crippen LogP contribution < -0.4 is 10.6 Å². The summed E-state index contributed by atoms with van der Waals surface area (Å²) in [4.78, 5) is 2.33. The quantitative estimate of drug-likeness (QED) is 0.832. The standard InChI is InChI=1S/C14H21ClN2/c1-10-4-5-11(8-12(10)15)17-7-6-14(2,3)13(16)9-17/h4-5,8,13H,6-7,9,16H2,1-3H3. The first-order chi connectivity index (χ1) is 7.90. The Morgan fingerprint density at radius 1 is 1.41 bits per heavy atom. The van der Waals surface area contributed by atoms with Gasteiger partial charge in [-0.2, -0.15) is 0 Å². The molecule has 2 N–H and O–H groups in total. The molecule has 0 spiro atoms. The van der Waals surface area contributed by atoms with E-state index < -0.39 is 0 Å². The molecule has 1 unspecified atom stereocenters. The second-order valence-corrected chi connectivity index (χ2v) is 6.13. The maximum atomic E-state index is 6.23. The average molecular weight is 253 g/mol. The number of halogens is 1. The average Bonchev–Trinajstić information content (AvgIpc) is 2.26. The third-order valence-electron chi connectivity index (χ3n) is 3.97. The van der Waals surface area contributed by atoms with Gasteiger partial charge >= 0.3 is 0 Å². The highest BCUT2D eigenvalue weighted by atomic mass is 35.5. The molecule has 0 saturated carbocycles. The first kappa shape index (κ1) is 12.7. The van der Waals surface area contributed by atoms with Crippen molar-refractivity contribution in [2.24, 2.45) is 11.1 Å². The number of nitrogens with zero attached hydrogens (tertiary/aromatic N) is 1. The molecule has 94 valence electrons. The van der Waals surface area contributed by atoms with E-state index in [0.717, 1.165) is 30.1 Å². The van der Waals surface area contributed by atoms with Crippen molar-refractivity contribution in [2.45, 2.75) is 33.2 Å². The van der Waals surface area contributed by atoms with Crippen LogP contribution in [0.3, 0.4) is 0 Å². The van der Waals surface area contributed by atoms with Crippen LogP contribution >= 0.6 is 11.6 Å². The van der Waals surface area contributed by atoms with Crippen molar-refractivity contribution >= 4 is 17.3 Å². The summed E-state index contributed by atoms with van der Waals surface area (Å²) in [7, 11) is 0. The lowest BCUT2D eigenvalue weighted by Gasteiger charge is -2.43. The van der Waals surface area contributed by atoms with Crippen LogP contribution in [0.2, 0.25) is 5.02 Å². The van der Waals surface area contributed by atoms with Gasteiger partial charge in [0.2, 0.25) is 0 Å². The highest BCUT2D eigenvalue weighted by Crippen LogP contribution is 2.32. The molecule has 0 radical (unpaired) electrons. The number of hydrogen-bond acceptors (Lipinski definition) is 2. The van der Waals surface area contributed by atoms with Crippen LogP contribution in [0.1, 0.15) is 25.8 Å². The van der Waals surface area contributed by atoms with Gasteiger partial charge in [-0.3, -0.25) is 0 Å². The largest absolute Gasteiger partial charge is 0.370 e. The van der Waals surface area contributed by atoms with Crippen LogP contribution in [0.25, 0.3) is 0 Å². The van der Waals surface area contributed by atoms with Crippen LogP contribution in [0.4, 0.5) is 5.69 Å². The Balaban J connectivity index is 2.17. The number of rotatable bonds is 1. The summed E-state index contributed by atoms with van der Waals surface area (Å²) in [5.41, 5.74) is 8.78. The third-order valence-corrected chi connectivity index (χ3v) is 4.37. The van der Waals surface area contributed by atoms with E-state index in [0.29, 0.717) is 0 Å². The molecule has 0 bridgehead atoms. The molecule has 2 nitrogen and oxygen atoms in total. The molecule has 1 heterocycles. The van der Waals surface area contributed by atoms with Crippen molar-refractivity contribution in [1.29, 1.82) is 0 Å². The predicted octanol–water partition coefficient (Wildman–Crippen LogP) is 3.21. The predicted molar refractivity (Wildman–Crippen MR) is 74.8 cm³/mol. The van der Waals surface area contributed by atoms with E-state index in [2.05, 4.69) is 30.9 Å². The summed E-state index contributed by atoms with van der Waals surface area (Å²) in [6, 6.07) is 6.47. The zero-order chi connectivity index (χ0) is 12.6. The van der Waals surface area contributed by atoms with Crippen molar-refractivity contribution in [3.63, 3.8) is 0 Å². The molecule has 1 aromatic rings. The molecule has 1 aliphatic heterocycles. The topological polar surface area (TPSA) is 29.3 Å². The zero-order valence-corrected chi connectivity index (χ0v) is 11.6. The zero-order valence-electron chi connectivity index (χ0n) is 10.8. The summed E-state index contributed by atoms with van der Waals surface area (Å²) in [6.07, 6.45) is 1.12. The fraction of sp³-hybridized carbons (Fsp3) is 0.571. The van der Waals surface area contributed by atoms with E-state index >= 15 is 0 Å². The molecule has 2 rings (SSSR count). The first-order valence-electron chi connectivity index (χ1n) is 6.17. The number of benzene rings is 1. The minimum absolute atomic E-state index is 0.219. The first-order valence-corrected chi connectivity index (χ1v) is 6.54. The Hall–Kier alpha value is -0.730.